The molecular weight excluding hydrogens is 418 g/mol. The predicted molar refractivity (Wildman–Crippen MR) is 128 cm³/mol. The first kappa shape index (κ1) is 20.9. The summed E-state index contributed by atoms with van der Waals surface area (Å²) >= 11 is 0. The predicted octanol–water partition coefficient (Wildman–Crippen LogP) is 3.63. The molecule has 2 aliphatic rings. The topological polar surface area (TPSA) is 122 Å². The Balaban J connectivity index is 1.66. The van der Waals surface area contributed by atoms with Gasteiger partial charge in [-0.2, -0.15) is 0 Å². The lowest BCUT2D eigenvalue weighted by molar-refractivity contribution is -0.384. The van der Waals surface area contributed by atoms with E-state index >= 15 is 0 Å². The Labute approximate surface area is 190 Å². The van der Waals surface area contributed by atoms with E-state index < -0.39 is 4.92 Å². The van der Waals surface area contributed by atoms with Gasteiger partial charge in [0, 0.05) is 42.2 Å². The van der Waals surface area contributed by atoms with Crippen LogP contribution in [0.1, 0.15) is 27.8 Å². The first-order valence-corrected chi connectivity index (χ1v) is 10.8. The molecule has 1 amide bonds. The lowest BCUT2D eigenvalue weighted by Gasteiger charge is -2.20. The minimum Gasteiger partial charge on any atom is -0.354 e. The van der Waals surface area contributed by atoms with Crippen LogP contribution in [0.25, 0.3) is 11.3 Å². The van der Waals surface area contributed by atoms with Crippen molar-refractivity contribution in [3.63, 3.8) is 0 Å². The standard InChI is InChI=1S/C25H23N5O3/c26-13-15-1-3-16(4-2-15)24(28-19-6-5-18-14-27-10-9-17(18)11-19)23-21-12-20(30(32)33)7-8-22(21)29-25(23)31/h1-8,11-12,27-28H,9-10,13-14,26H2,(H,29,31)/b24-23-. The highest BCUT2D eigenvalue weighted by atomic mass is 16.6. The lowest BCUT2D eigenvalue weighted by atomic mass is 9.97. The number of nitrogens with two attached hydrogens (primary N) is 1. The lowest BCUT2D eigenvalue weighted by Crippen LogP contribution is -2.23. The maximum absolute atomic E-state index is 13.1. The van der Waals surface area contributed by atoms with E-state index in [-0.39, 0.29) is 11.6 Å². The molecule has 0 fully saturated rings. The molecule has 0 bridgehead atoms. The average Bonchev–Trinajstić information content (AvgIpc) is 3.17. The maximum atomic E-state index is 13.1. The summed E-state index contributed by atoms with van der Waals surface area (Å²) in [5, 5.41) is 21.0. The van der Waals surface area contributed by atoms with E-state index in [1.165, 1.54) is 23.3 Å². The molecule has 0 spiro atoms. The smallest absolute Gasteiger partial charge is 0.270 e. The van der Waals surface area contributed by atoms with Gasteiger partial charge in [0.05, 0.1) is 16.2 Å². The van der Waals surface area contributed by atoms with Crippen molar-refractivity contribution in [1.82, 2.24) is 5.32 Å². The van der Waals surface area contributed by atoms with Crippen molar-refractivity contribution in [1.29, 1.82) is 0 Å². The van der Waals surface area contributed by atoms with Crippen molar-refractivity contribution in [2.45, 2.75) is 19.5 Å². The SMILES string of the molecule is NCc1ccc(/C(Nc2ccc3c(c2)CCNC3)=C2/C(=O)Nc3ccc([N+](=O)[O-])cc32)cc1. The molecule has 5 N–H and O–H groups in total. The molecule has 0 aliphatic carbocycles. The van der Waals surface area contributed by atoms with Crippen molar-refractivity contribution in [3.05, 3.63) is 98.6 Å². The van der Waals surface area contributed by atoms with Crippen molar-refractivity contribution in [2.75, 3.05) is 17.2 Å². The van der Waals surface area contributed by atoms with Gasteiger partial charge < -0.3 is 21.7 Å². The summed E-state index contributed by atoms with van der Waals surface area (Å²) in [7, 11) is 0. The van der Waals surface area contributed by atoms with Gasteiger partial charge in [-0.3, -0.25) is 14.9 Å². The third-order valence-electron chi connectivity index (χ3n) is 6.05. The fourth-order valence-electron chi connectivity index (χ4n) is 4.30. The third kappa shape index (κ3) is 3.97. The zero-order valence-electron chi connectivity index (χ0n) is 17.9. The fourth-order valence-corrected chi connectivity index (χ4v) is 4.30. The molecular formula is C25H23N5O3. The van der Waals surface area contributed by atoms with Gasteiger partial charge in [-0.1, -0.05) is 30.3 Å². The highest BCUT2D eigenvalue weighted by Gasteiger charge is 2.30. The zero-order valence-corrected chi connectivity index (χ0v) is 17.9. The molecule has 5 rings (SSSR count). The number of nitrogens with zero attached hydrogens (tertiary/aromatic N) is 1. The molecule has 8 nitrogen and oxygen atoms in total. The van der Waals surface area contributed by atoms with E-state index in [1.54, 1.807) is 6.07 Å². The number of hydrogen-bond acceptors (Lipinski definition) is 6. The summed E-state index contributed by atoms with van der Waals surface area (Å²) in [4.78, 5) is 24.0. The van der Waals surface area contributed by atoms with E-state index in [9.17, 15) is 14.9 Å². The van der Waals surface area contributed by atoms with Crippen molar-refractivity contribution >= 4 is 34.2 Å². The van der Waals surface area contributed by atoms with E-state index in [0.717, 1.165) is 36.3 Å². The number of hydrogen-bond donors (Lipinski definition) is 4. The second-order valence-electron chi connectivity index (χ2n) is 8.13. The second-order valence-corrected chi connectivity index (χ2v) is 8.13. The highest BCUT2D eigenvalue weighted by Crippen LogP contribution is 2.39. The average molecular weight is 441 g/mol. The number of nitro groups is 1. The molecule has 0 radical (unpaired) electrons. The normalized spacial score (nSPS) is 16.0. The molecule has 3 aromatic carbocycles. The Hall–Kier alpha value is -4.01. The molecule has 0 saturated heterocycles. The Morgan fingerprint density at radius 3 is 2.64 bits per heavy atom. The van der Waals surface area contributed by atoms with Crippen LogP contribution in [-0.2, 0) is 24.3 Å². The Kier molecular flexibility index (Phi) is 5.37. The Morgan fingerprint density at radius 1 is 1.06 bits per heavy atom. The van der Waals surface area contributed by atoms with Crippen LogP contribution in [0.3, 0.4) is 0 Å². The number of fused-ring (bicyclic) bond motifs is 2. The number of carbonyl (C=O) groups is 1. The summed E-state index contributed by atoms with van der Waals surface area (Å²) < 4.78 is 0. The van der Waals surface area contributed by atoms with Gasteiger partial charge in [-0.25, -0.2) is 0 Å². The van der Waals surface area contributed by atoms with Gasteiger partial charge in [0.2, 0.25) is 0 Å². The Bertz CT molecular complexity index is 1300. The molecule has 0 unspecified atom stereocenters. The van der Waals surface area contributed by atoms with Gasteiger partial charge in [0.1, 0.15) is 0 Å². The molecule has 0 atom stereocenters. The van der Waals surface area contributed by atoms with Crippen LogP contribution < -0.4 is 21.7 Å². The summed E-state index contributed by atoms with van der Waals surface area (Å²) in [5.74, 6) is -0.307. The molecule has 2 aliphatic heterocycles. The van der Waals surface area contributed by atoms with Crippen molar-refractivity contribution < 1.29 is 9.72 Å². The number of carbonyl (C=O) groups excluding carboxylic acids is 1. The quantitative estimate of drug-likeness (QED) is 0.272. The number of anilines is 2. The van der Waals surface area contributed by atoms with E-state index in [4.69, 9.17) is 5.73 Å². The van der Waals surface area contributed by atoms with Gasteiger partial charge in [0.25, 0.3) is 11.6 Å². The molecule has 166 valence electrons. The zero-order chi connectivity index (χ0) is 22.9. The minimum atomic E-state index is -0.457. The highest BCUT2D eigenvalue weighted by molar-refractivity contribution is 6.37. The number of non-ortho nitro benzene ring substituents is 1. The van der Waals surface area contributed by atoms with E-state index in [1.807, 2.05) is 30.3 Å². The summed E-state index contributed by atoms with van der Waals surface area (Å²) in [6.45, 7) is 2.17. The summed E-state index contributed by atoms with van der Waals surface area (Å²) in [5.41, 5.74) is 12.8. The van der Waals surface area contributed by atoms with Crippen molar-refractivity contribution in [3.8, 4) is 0 Å². The van der Waals surface area contributed by atoms with Crippen molar-refractivity contribution in [2.24, 2.45) is 5.73 Å². The second kappa shape index (κ2) is 8.50. The van der Waals surface area contributed by atoms with Crippen LogP contribution in [-0.4, -0.2) is 17.4 Å². The van der Waals surface area contributed by atoms with Crippen LogP contribution in [0.5, 0.6) is 0 Å². The number of nitro benzene ring substituents is 1. The van der Waals surface area contributed by atoms with Gasteiger partial charge >= 0.3 is 0 Å². The molecule has 0 saturated carbocycles. The van der Waals surface area contributed by atoms with Crippen LogP contribution in [0.15, 0.2) is 60.7 Å². The van der Waals surface area contributed by atoms with Crippen LogP contribution >= 0.6 is 0 Å². The van der Waals surface area contributed by atoms with Gasteiger partial charge in [-0.15, -0.1) is 0 Å². The number of amides is 1. The number of benzene rings is 3. The third-order valence-corrected chi connectivity index (χ3v) is 6.05. The van der Waals surface area contributed by atoms with Crippen LogP contribution in [0.2, 0.25) is 0 Å². The molecule has 2 heterocycles. The molecule has 3 aromatic rings. The molecule has 0 aromatic heterocycles. The molecule has 33 heavy (non-hydrogen) atoms. The summed E-state index contributed by atoms with van der Waals surface area (Å²) in [6.07, 6.45) is 0.928. The monoisotopic (exact) mass is 441 g/mol. The largest absolute Gasteiger partial charge is 0.354 e. The first-order chi connectivity index (χ1) is 16.0. The number of rotatable bonds is 5. The van der Waals surface area contributed by atoms with Gasteiger partial charge in [-0.05, 0) is 53.4 Å². The Morgan fingerprint density at radius 2 is 1.88 bits per heavy atom. The van der Waals surface area contributed by atoms with Gasteiger partial charge in [0.15, 0.2) is 0 Å². The number of nitrogens with one attached hydrogen (secondary N) is 3. The van der Waals surface area contributed by atoms with E-state index in [0.29, 0.717) is 29.1 Å². The molecule has 8 heteroatoms. The first-order valence-electron chi connectivity index (χ1n) is 10.8. The fraction of sp³-hybridized carbons (Fsp3) is 0.160. The maximum Gasteiger partial charge on any atom is 0.270 e. The van der Waals surface area contributed by atoms with Crippen LogP contribution in [0.4, 0.5) is 17.1 Å². The van der Waals surface area contributed by atoms with E-state index in [2.05, 4.69) is 28.1 Å². The van der Waals surface area contributed by atoms with Crippen LogP contribution in [0, 0.1) is 10.1 Å². The summed E-state index contributed by atoms with van der Waals surface area (Å²) in [6, 6.07) is 18.2. The minimum absolute atomic E-state index is 0.0677.